The molecule has 1 aliphatic rings. The van der Waals surface area contributed by atoms with E-state index in [2.05, 4.69) is 17.1 Å². The summed E-state index contributed by atoms with van der Waals surface area (Å²) in [5.74, 6) is -1.41. The second-order valence-electron chi connectivity index (χ2n) is 4.58. The normalized spacial score (nSPS) is 15.6. The van der Waals surface area contributed by atoms with E-state index in [0.29, 0.717) is 5.92 Å². The van der Waals surface area contributed by atoms with Crippen molar-refractivity contribution < 1.29 is 24.0 Å². The van der Waals surface area contributed by atoms with Gasteiger partial charge in [0, 0.05) is 12.0 Å². The third kappa shape index (κ3) is 3.67. The van der Waals surface area contributed by atoms with Gasteiger partial charge in [0.15, 0.2) is 6.04 Å². The molecule has 0 aliphatic heterocycles. The van der Waals surface area contributed by atoms with Gasteiger partial charge in [0.25, 0.3) is 5.91 Å². The largest absolute Gasteiger partial charge is 0.480 e. The topological polar surface area (TPSA) is 102 Å². The Morgan fingerprint density at radius 3 is 3.00 bits per heavy atom. The summed E-state index contributed by atoms with van der Waals surface area (Å²) in [4.78, 5) is 22.9. The zero-order chi connectivity index (χ0) is 14.5. The summed E-state index contributed by atoms with van der Waals surface area (Å²) in [7, 11) is 0. The van der Waals surface area contributed by atoms with Crippen LogP contribution in [-0.4, -0.2) is 41.4 Å². The molecule has 0 aromatic carbocycles. The van der Waals surface area contributed by atoms with Crippen LogP contribution in [0.3, 0.4) is 0 Å². The fraction of sp³-hybridized carbons (Fsp3) is 0.462. The average molecular weight is 280 g/mol. The maximum absolute atomic E-state index is 11.9. The lowest BCUT2D eigenvalue weighted by atomic mass is 10.2. The summed E-state index contributed by atoms with van der Waals surface area (Å²) in [6.45, 7) is 3.53. The molecule has 1 aromatic rings. The number of carboxylic acid groups (broad SMARTS) is 1. The lowest BCUT2D eigenvalue weighted by Crippen LogP contribution is -2.44. The number of amides is 1. The molecular formula is C13H16N2O5. The Kier molecular flexibility index (Phi) is 4.52. The third-order valence-corrected chi connectivity index (χ3v) is 2.87. The van der Waals surface area contributed by atoms with E-state index in [1.807, 2.05) is 0 Å². The van der Waals surface area contributed by atoms with Gasteiger partial charge in [-0.3, -0.25) is 4.79 Å². The van der Waals surface area contributed by atoms with Gasteiger partial charge >= 0.3 is 5.97 Å². The zero-order valence-electron chi connectivity index (χ0n) is 10.9. The first-order valence-corrected chi connectivity index (χ1v) is 6.30. The highest BCUT2D eigenvalue weighted by atomic mass is 16.5. The molecule has 0 radical (unpaired) electrons. The van der Waals surface area contributed by atoms with Crippen LogP contribution in [0.15, 0.2) is 23.2 Å². The van der Waals surface area contributed by atoms with E-state index in [-0.39, 0.29) is 19.0 Å². The summed E-state index contributed by atoms with van der Waals surface area (Å²) < 4.78 is 9.96. The number of hydrogen-bond donors (Lipinski definition) is 2. The molecule has 1 saturated carbocycles. The van der Waals surface area contributed by atoms with E-state index < -0.39 is 17.9 Å². The van der Waals surface area contributed by atoms with Crippen molar-refractivity contribution in [2.75, 3.05) is 13.2 Å². The Balaban J connectivity index is 1.92. The standard InChI is InChI=1S/C13H16N2O5/c1-2-5-19-7-10(13(17)18)14-12(16)11-6-9(15-20-11)8-3-4-8/h2,6,8,10H,1,3-5,7H2,(H,14,16)(H,17,18). The number of hydrogen-bond acceptors (Lipinski definition) is 5. The lowest BCUT2D eigenvalue weighted by molar-refractivity contribution is -0.140. The Hall–Kier alpha value is -2.15. The molecule has 1 aromatic heterocycles. The highest BCUT2D eigenvalue weighted by molar-refractivity contribution is 5.94. The lowest BCUT2D eigenvalue weighted by Gasteiger charge is -2.12. The predicted molar refractivity (Wildman–Crippen MR) is 68.4 cm³/mol. The van der Waals surface area contributed by atoms with Crippen LogP contribution in [0, 0.1) is 0 Å². The van der Waals surface area contributed by atoms with Crippen molar-refractivity contribution in [1.82, 2.24) is 10.5 Å². The number of nitrogens with zero attached hydrogens (tertiary/aromatic N) is 1. The SMILES string of the molecule is C=CCOCC(NC(=O)c1cc(C2CC2)no1)C(=O)O. The minimum Gasteiger partial charge on any atom is -0.480 e. The van der Waals surface area contributed by atoms with Crippen LogP contribution in [0.1, 0.15) is 35.0 Å². The van der Waals surface area contributed by atoms with Crippen molar-refractivity contribution in [1.29, 1.82) is 0 Å². The highest BCUT2D eigenvalue weighted by Crippen LogP contribution is 2.39. The summed E-state index contributed by atoms with van der Waals surface area (Å²) >= 11 is 0. The van der Waals surface area contributed by atoms with Gasteiger partial charge in [0.2, 0.25) is 5.76 Å². The van der Waals surface area contributed by atoms with Crippen molar-refractivity contribution in [3.63, 3.8) is 0 Å². The minimum absolute atomic E-state index is 0.0156. The van der Waals surface area contributed by atoms with E-state index >= 15 is 0 Å². The van der Waals surface area contributed by atoms with E-state index in [4.69, 9.17) is 14.4 Å². The third-order valence-electron chi connectivity index (χ3n) is 2.87. The van der Waals surface area contributed by atoms with Crippen LogP contribution in [0.5, 0.6) is 0 Å². The number of rotatable bonds is 8. The molecule has 7 nitrogen and oxygen atoms in total. The van der Waals surface area contributed by atoms with Gasteiger partial charge in [-0.25, -0.2) is 4.79 Å². The molecular weight excluding hydrogens is 264 g/mol. The van der Waals surface area contributed by atoms with Gasteiger partial charge in [-0.2, -0.15) is 0 Å². The van der Waals surface area contributed by atoms with E-state index in [9.17, 15) is 9.59 Å². The number of carbonyl (C=O) groups excluding carboxylic acids is 1. The zero-order valence-corrected chi connectivity index (χ0v) is 10.9. The van der Waals surface area contributed by atoms with Gasteiger partial charge in [0.05, 0.1) is 18.9 Å². The molecule has 1 unspecified atom stereocenters. The number of aromatic nitrogens is 1. The van der Waals surface area contributed by atoms with Crippen LogP contribution in [0.25, 0.3) is 0 Å². The van der Waals surface area contributed by atoms with Gasteiger partial charge in [-0.15, -0.1) is 6.58 Å². The van der Waals surface area contributed by atoms with E-state index in [1.54, 1.807) is 6.07 Å². The maximum Gasteiger partial charge on any atom is 0.328 e. The monoisotopic (exact) mass is 280 g/mol. The van der Waals surface area contributed by atoms with E-state index in [1.165, 1.54) is 6.08 Å². The van der Waals surface area contributed by atoms with Crippen LogP contribution in [0.2, 0.25) is 0 Å². The molecule has 108 valence electrons. The van der Waals surface area contributed by atoms with E-state index in [0.717, 1.165) is 18.5 Å². The molecule has 1 amide bonds. The Bertz CT molecular complexity index is 507. The molecule has 1 atom stereocenters. The van der Waals surface area contributed by atoms with Crippen LogP contribution < -0.4 is 5.32 Å². The summed E-state index contributed by atoms with van der Waals surface area (Å²) in [6.07, 6.45) is 3.58. The maximum atomic E-state index is 11.9. The number of nitrogens with one attached hydrogen (secondary N) is 1. The molecule has 1 aliphatic carbocycles. The van der Waals surface area contributed by atoms with Crippen molar-refractivity contribution in [3.8, 4) is 0 Å². The fourth-order valence-electron chi connectivity index (χ4n) is 1.64. The molecule has 1 fully saturated rings. The van der Waals surface area contributed by atoms with Crippen LogP contribution >= 0.6 is 0 Å². The van der Waals surface area contributed by atoms with Crippen molar-refractivity contribution in [2.24, 2.45) is 0 Å². The molecule has 0 saturated heterocycles. The Morgan fingerprint density at radius 2 is 2.40 bits per heavy atom. The molecule has 1 heterocycles. The fourth-order valence-corrected chi connectivity index (χ4v) is 1.64. The summed E-state index contributed by atoms with van der Waals surface area (Å²) in [5.41, 5.74) is 0.741. The van der Waals surface area contributed by atoms with Gasteiger partial charge in [0.1, 0.15) is 0 Å². The Morgan fingerprint density at radius 1 is 1.65 bits per heavy atom. The molecule has 2 N–H and O–H groups in total. The van der Waals surface area contributed by atoms with Gasteiger partial charge in [-0.05, 0) is 12.8 Å². The van der Waals surface area contributed by atoms with Crippen molar-refractivity contribution in [3.05, 3.63) is 30.2 Å². The van der Waals surface area contributed by atoms with Crippen molar-refractivity contribution >= 4 is 11.9 Å². The molecule has 0 bridgehead atoms. The molecule has 2 rings (SSSR count). The first-order chi connectivity index (χ1) is 9.61. The smallest absolute Gasteiger partial charge is 0.328 e. The van der Waals surface area contributed by atoms with Gasteiger partial charge in [-0.1, -0.05) is 11.2 Å². The highest BCUT2D eigenvalue weighted by Gasteiger charge is 2.29. The Labute approximate surface area is 115 Å². The molecule has 0 spiro atoms. The minimum atomic E-state index is -1.18. The molecule has 7 heteroatoms. The van der Waals surface area contributed by atoms with Crippen LogP contribution in [0.4, 0.5) is 0 Å². The average Bonchev–Trinajstić information content (AvgIpc) is 3.15. The predicted octanol–water partition coefficient (Wildman–Crippen LogP) is 0.938. The van der Waals surface area contributed by atoms with Crippen molar-refractivity contribution in [2.45, 2.75) is 24.8 Å². The van der Waals surface area contributed by atoms with Gasteiger partial charge < -0.3 is 19.7 Å². The van der Waals surface area contributed by atoms with Crippen LogP contribution in [-0.2, 0) is 9.53 Å². The number of carboxylic acids is 1. The quantitative estimate of drug-likeness (QED) is 0.542. The number of ether oxygens (including phenoxy) is 1. The molecule has 20 heavy (non-hydrogen) atoms. The first kappa shape index (κ1) is 14.3. The number of carbonyl (C=O) groups is 2. The first-order valence-electron chi connectivity index (χ1n) is 6.30. The second kappa shape index (κ2) is 6.33. The number of aliphatic carboxylic acids is 1. The summed E-state index contributed by atoms with van der Waals surface area (Å²) in [5, 5.41) is 15.1. The second-order valence-corrected chi connectivity index (χ2v) is 4.58. The summed E-state index contributed by atoms with van der Waals surface area (Å²) in [6, 6.07) is 0.410.